The lowest BCUT2D eigenvalue weighted by Crippen LogP contribution is -2.06. The lowest BCUT2D eigenvalue weighted by molar-refractivity contribution is 0.340. The summed E-state index contributed by atoms with van der Waals surface area (Å²) < 4.78 is 5.51. The number of ether oxygens (including phenoxy) is 1. The minimum atomic E-state index is 0.742. The van der Waals surface area contributed by atoms with Crippen LogP contribution in [0.3, 0.4) is 0 Å². The number of hydrogen-bond donors (Lipinski definition) is 0. The van der Waals surface area contributed by atoms with Crippen molar-refractivity contribution in [1.29, 1.82) is 0 Å². The van der Waals surface area contributed by atoms with Gasteiger partial charge in [-0.1, -0.05) is 69.2 Å². The van der Waals surface area contributed by atoms with Gasteiger partial charge in [-0.25, -0.2) is 0 Å². The molecule has 0 amide bonds. The molecule has 0 aromatic heterocycles. The van der Waals surface area contributed by atoms with Gasteiger partial charge in [-0.3, -0.25) is 0 Å². The molecule has 1 aromatic carbocycles. The van der Waals surface area contributed by atoms with E-state index in [1.807, 2.05) is 6.92 Å². The molecule has 1 aromatic rings. The summed E-state index contributed by atoms with van der Waals surface area (Å²) in [5.41, 5.74) is 3.11. The average molecular weight is 329 g/mol. The van der Waals surface area contributed by atoms with Gasteiger partial charge in [0.25, 0.3) is 0 Å². The van der Waals surface area contributed by atoms with Gasteiger partial charge in [0.1, 0.15) is 5.75 Å². The molecule has 0 spiro atoms. The molecule has 0 N–H and O–H groups in total. The molecule has 0 saturated heterocycles. The van der Waals surface area contributed by atoms with Gasteiger partial charge in [-0.05, 0) is 62.6 Å². The van der Waals surface area contributed by atoms with Crippen molar-refractivity contribution in [3.8, 4) is 5.75 Å². The van der Waals surface area contributed by atoms with Crippen molar-refractivity contribution >= 4 is 0 Å². The minimum Gasteiger partial charge on any atom is -0.494 e. The minimum absolute atomic E-state index is 0.742. The Labute approximate surface area is 149 Å². The lowest BCUT2D eigenvalue weighted by Gasteiger charge is -2.22. The molecule has 1 nitrogen and oxygen atoms in total. The SMILES string of the molecule is CCCCCCCC1CC=C(CCc2ccc(OCC)cc2)CC1. The molecule has 0 radical (unpaired) electrons. The van der Waals surface area contributed by atoms with Crippen LogP contribution in [-0.2, 0) is 6.42 Å². The van der Waals surface area contributed by atoms with Crippen molar-refractivity contribution in [1.82, 2.24) is 0 Å². The van der Waals surface area contributed by atoms with Crippen LogP contribution in [0.5, 0.6) is 5.75 Å². The van der Waals surface area contributed by atoms with E-state index in [-0.39, 0.29) is 0 Å². The molecule has 1 aliphatic rings. The van der Waals surface area contributed by atoms with Crippen LogP contribution in [0, 0.1) is 5.92 Å². The Kier molecular flexibility index (Phi) is 9.02. The maximum atomic E-state index is 5.51. The molecule has 1 atom stereocenters. The van der Waals surface area contributed by atoms with Crippen molar-refractivity contribution in [2.75, 3.05) is 6.61 Å². The first kappa shape index (κ1) is 19.1. The molecule has 0 saturated carbocycles. The maximum Gasteiger partial charge on any atom is 0.119 e. The highest BCUT2D eigenvalue weighted by molar-refractivity contribution is 5.28. The highest BCUT2D eigenvalue weighted by atomic mass is 16.5. The fraction of sp³-hybridized carbons (Fsp3) is 0.652. The van der Waals surface area contributed by atoms with Gasteiger partial charge in [-0.15, -0.1) is 0 Å². The largest absolute Gasteiger partial charge is 0.494 e. The maximum absolute atomic E-state index is 5.51. The molecule has 134 valence electrons. The Bertz CT molecular complexity index is 471. The molecule has 1 heteroatoms. The summed E-state index contributed by atoms with van der Waals surface area (Å²) in [6.07, 6.45) is 17.6. The van der Waals surface area contributed by atoms with Gasteiger partial charge < -0.3 is 4.74 Å². The number of allylic oxidation sites excluding steroid dienone is 2. The number of aryl methyl sites for hydroxylation is 1. The molecule has 1 aliphatic carbocycles. The van der Waals surface area contributed by atoms with Crippen LogP contribution in [0.25, 0.3) is 0 Å². The van der Waals surface area contributed by atoms with Crippen molar-refractivity contribution in [3.63, 3.8) is 0 Å². The third kappa shape index (κ3) is 7.11. The zero-order chi connectivity index (χ0) is 17.0. The zero-order valence-corrected chi connectivity index (χ0v) is 15.9. The van der Waals surface area contributed by atoms with Gasteiger partial charge in [0.2, 0.25) is 0 Å². The van der Waals surface area contributed by atoms with Crippen LogP contribution >= 0.6 is 0 Å². The highest BCUT2D eigenvalue weighted by Gasteiger charge is 2.14. The summed E-state index contributed by atoms with van der Waals surface area (Å²) in [6.45, 7) is 5.06. The standard InChI is InChI=1S/C23H36O/c1-3-5-6-7-8-9-20-10-12-21(13-11-20)14-15-22-16-18-23(19-17-22)24-4-2/h12,16-20H,3-11,13-15H2,1-2H3. The smallest absolute Gasteiger partial charge is 0.119 e. The molecule has 1 unspecified atom stereocenters. The van der Waals surface area contributed by atoms with E-state index in [1.54, 1.807) is 5.57 Å². The number of benzene rings is 1. The van der Waals surface area contributed by atoms with Crippen molar-refractivity contribution in [3.05, 3.63) is 41.5 Å². The molecule has 0 fully saturated rings. The molecule has 2 rings (SSSR count). The molecule has 0 bridgehead atoms. The summed E-state index contributed by atoms with van der Waals surface area (Å²) >= 11 is 0. The first-order chi connectivity index (χ1) is 11.8. The monoisotopic (exact) mass is 328 g/mol. The average Bonchev–Trinajstić information content (AvgIpc) is 2.62. The molecule has 24 heavy (non-hydrogen) atoms. The van der Waals surface area contributed by atoms with E-state index in [2.05, 4.69) is 37.3 Å². The Morgan fingerprint density at radius 3 is 2.42 bits per heavy atom. The third-order valence-electron chi connectivity index (χ3n) is 5.30. The first-order valence-corrected chi connectivity index (χ1v) is 10.2. The normalized spacial score (nSPS) is 17.6. The third-order valence-corrected chi connectivity index (χ3v) is 5.30. The second-order valence-electron chi connectivity index (χ2n) is 7.28. The molecule has 0 aliphatic heterocycles. The van der Waals surface area contributed by atoms with Gasteiger partial charge in [-0.2, -0.15) is 0 Å². The number of rotatable bonds is 11. The van der Waals surface area contributed by atoms with E-state index in [9.17, 15) is 0 Å². The summed E-state index contributed by atoms with van der Waals surface area (Å²) in [7, 11) is 0. The van der Waals surface area contributed by atoms with E-state index >= 15 is 0 Å². The quantitative estimate of drug-likeness (QED) is 0.311. The molecular formula is C23H36O. The molecule has 0 heterocycles. The number of unbranched alkanes of at least 4 members (excludes halogenated alkanes) is 4. The van der Waals surface area contributed by atoms with E-state index in [4.69, 9.17) is 4.74 Å². The summed E-state index contributed by atoms with van der Waals surface area (Å²) in [6, 6.07) is 8.63. The Morgan fingerprint density at radius 2 is 1.75 bits per heavy atom. The van der Waals surface area contributed by atoms with Crippen LogP contribution in [-0.4, -0.2) is 6.61 Å². The second kappa shape index (κ2) is 11.3. The van der Waals surface area contributed by atoms with Crippen molar-refractivity contribution in [2.24, 2.45) is 5.92 Å². The van der Waals surface area contributed by atoms with Crippen molar-refractivity contribution in [2.45, 2.75) is 84.5 Å². The predicted octanol–water partition coefficient (Wildman–Crippen LogP) is 7.10. The Balaban J connectivity index is 1.64. The lowest BCUT2D eigenvalue weighted by atomic mass is 9.84. The van der Waals surface area contributed by atoms with Gasteiger partial charge in [0.05, 0.1) is 6.61 Å². The van der Waals surface area contributed by atoms with E-state index < -0.39 is 0 Å². The van der Waals surface area contributed by atoms with Gasteiger partial charge in [0, 0.05) is 0 Å². The van der Waals surface area contributed by atoms with Crippen LogP contribution in [0.2, 0.25) is 0 Å². The Hall–Kier alpha value is -1.24. The predicted molar refractivity (Wildman–Crippen MR) is 105 cm³/mol. The summed E-state index contributed by atoms with van der Waals surface area (Å²) in [5, 5.41) is 0. The summed E-state index contributed by atoms with van der Waals surface area (Å²) in [4.78, 5) is 0. The van der Waals surface area contributed by atoms with Crippen LogP contribution < -0.4 is 4.74 Å². The Morgan fingerprint density at radius 1 is 0.958 bits per heavy atom. The fourth-order valence-corrected chi connectivity index (χ4v) is 3.69. The second-order valence-corrected chi connectivity index (χ2v) is 7.28. The van der Waals surface area contributed by atoms with Gasteiger partial charge >= 0.3 is 0 Å². The summed E-state index contributed by atoms with van der Waals surface area (Å²) in [5.74, 6) is 1.95. The topological polar surface area (TPSA) is 9.23 Å². The van der Waals surface area contributed by atoms with Crippen molar-refractivity contribution < 1.29 is 4.74 Å². The first-order valence-electron chi connectivity index (χ1n) is 10.2. The van der Waals surface area contributed by atoms with Crippen LogP contribution in [0.4, 0.5) is 0 Å². The fourth-order valence-electron chi connectivity index (χ4n) is 3.69. The molecular weight excluding hydrogens is 292 g/mol. The van der Waals surface area contributed by atoms with E-state index in [0.29, 0.717) is 0 Å². The van der Waals surface area contributed by atoms with E-state index in [0.717, 1.165) is 18.3 Å². The highest BCUT2D eigenvalue weighted by Crippen LogP contribution is 2.30. The van der Waals surface area contributed by atoms with E-state index in [1.165, 1.54) is 76.2 Å². The van der Waals surface area contributed by atoms with Gasteiger partial charge in [0.15, 0.2) is 0 Å². The van der Waals surface area contributed by atoms with Crippen LogP contribution in [0.1, 0.15) is 83.6 Å². The zero-order valence-electron chi connectivity index (χ0n) is 15.9. The van der Waals surface area contributed by atoms with Crippen LogP contribution in [0.15, 0.2) is 35.9 Å². The number of hydrogen-bond acceptors (Lipinski definition) is 1.